The molecule has 0 N–H and O–H groups in total. The molecular weight excluding hydrogens is 328 g/mol. The summed E-state index contributed by atoms with van der Waals surface area (Å²) in [5, 5.41) is 14.6. The van der Waals surface area contributed by atoms with Gasteiger partial charge >= 0.3 is 0 Å². The van der Waals surface area contributed by atoms with Gasteiger partial charge in [-0.1, -0.05) is 72.8 Å². The standard InChI is InChI=1S/C25H20N2/c1-2-27(22-9-4-3-5-10-22)26-17-21-14-13-20-12-11-18-7-6-8-19-15-16-23(21)25(20)24(18)19/h3-17H,2H2,1H3. The zero-order valence-corrected chi connectivity index (χ0v) is 15.3. The highest BCUT2D eigenvalue weighted by atomic mass is 15.4. The first kappa shape index (κ1) is 15.8. The molecule has 0 fully saturated rings. The number of anilines is 1. The molecule has 2 heteroatoms. The highest BCUT2D eigenvalue weighted by molar-refractivity contribution is 6.25. The molecule has 0 aliphatic carbocycles. The molecule has 27 heavy (non-hydrogen) atoms. The maximum atomic E-state index is 4.77. The Morgan fingerprint density at radius 2 is 1.37 bits per heavy atom. The van der Waals surface area contributed by atoms with Gasteiger partial charge in [-0.2, -0.15) is 5.10 Å². The fraction of sp³-hybridized carbons (Fsp3) is 0.0800. The molecule has 5 aromatic carbocycles. The van der Waals surface area contributed by atoms with Crippen molar-refractivity contribution in [3.05, 3.63) is 90.5 Å². The second-order valence-electron chi connectivity index (χ2n) is 6.81. The third kappa shape index (κ3) is 2.61. The van der Waals surface area contributed by atoms with Gasteiger partial charge in [0.1, 0.15) is 0 Å². The summed E-state index contributed by atoms with van der Waals surface area (Å²) in [5.41, 5.74) is 2.25. The van der Waals surface area contributed by atoms with E-state index in [4.69, 9.17) is 5.10 Å². The summed E-state index contributed by atoms with van der Waals surface area (Å²) in [6, 6.07) is 30.1. The van der Waals surface area contributed by atoms with E-state index < -0.39 is 0 Å². The first-order valence-electron chi connectivity index (χ1n) is 9.38. The van der Waals surface area contributed by atoms with Crippen LogP contribution in [0.4, 0.5) is 5.69 Å². The van der Waals surface area contributed by atoms with Crippen LogP contribution < -0.4 is 5.01 Å². The first-order chi connectivity index (χ1) is 13.3. The van der Waals surface area contributed by atoms with Gasteiger partial charge in [-0.3, -0.25) is 5.01 Å². The Hall–Kier alpha value is -3.39. The van der Waals surface area contributed by atoms with Crippen LogP contribution in [0.3, 0.4) is 0 Å². The van der Waals surface area contributed by atoms with Crippen molar-refractivity contribution >= 4 is 44.2 Å². The van der Waals surface area contributed by atoms with E-state index in [9.17, 15) is 0 Å². The minimum absolute atomic E-state index is 0.826. The van der Waals surface area contributed by atoms with Gasteiger partial charge in [-0.25, -0.2) is 0 Å². The first-order valence-corrected chi connectivity index (χ1v) is 9.38. The monoisotopic (exact) mass is 348 g/mol. The molecule has 0 aliphatic rings. The van der Waals surface area contributed by atoms with Crippen LogP contribution >= 0.6 is 0 Å². The molecule has 5 aromatic rings. The molecule has 0 radical (unpaired) electrons. The van der Waals surface area contributed by atoms with Gasteiger partial charge in [-0.15, -0.1) is 0 Å². The largest absolute Gasteiger partial charge is 0.266 e. The summed E-state index contributed by atoms with van der Waals surface area (Å²) in [7, 11) is 0. The number of para-hydroxylation sites is 1. The summed E-state index contributed by atoms with van der Waals surface area (Å²) < 4.78 is 0. The average molecular weight is 348 g/mol. The topological polar surface area (TPSA) is 15.6 Å². The fourth-order valence-electron chi connectivity index (χ4n) is 3.93. The van der Waals surface area contributed by atoms with Gasteiger partial charge in [0.2, 0.25) is 0 Å². The highest BCUT2D eigenvalue weighted by Crippen LogP contribution is 2.35. The summed E-state index contributed by atoms with van der Waals surface area (Å²) in [6.07, 6.45) is 1.99. The molecule has 0 aromatic heterocycles. The summed E-state index contributed by atoms with van der Waals surface area (Å²) in [6.45, 7) is 2.95. The van der Waals surface area contributed by atoms with Crippen LogP contribution in [0.15, 0.2) is 90.0 Å². The number of benzene rings is 5. The Morgan fingerprint density at radius 1 is 0.704 bits per heavy atom. The number of rotatable bonds is 4. The fourth-order valence-corrected chi connectivity index (χ4v) is 3.93. The lowest BCUT2D eigenvalue weighted by molar-refractivity contribution is 0.898. The molecule has 0 bridgehead atoms. The Labute approximate surface area is 158 Å². The molecule has 0 heterocycles. The van der Waals surface area contributed by atoms with Crippen molar-refractivity contribution in [3.8, 4) is 0 Å². The van der Waals surface area contributed by atoms with E-state index in [1.165, 1.54) is 32.3 Å². The molecule has 5 rings (SSSR count). The predicted molar refractivity (Wildman–Crippen MR) is 117 cm³/mol. The Bertz CT molecular complexity index is 1240. The van der Waals surface area contributed by atoms with Gasteiger partial charge in [0.25, 0.3) is 0 Å². The third-order valence-electron chi connectivity index (χ3n) is 5.25. The summed E-state index contributed by atoms with van der Waals surface area (Å²) >= 11 is 0. The molecule has 0 spiro atoms. The zero-order valence-electron chi connectivity index (χ0n) is 15.3. The lowest BCUT2D eigenvalue weighted by Gasteiger charge is -2.17. The predicted octanol–water partition coefficient (Wildman–Crippen LogP) is 6.44. The van der Waals surface area contributed by atoms with Crippen LogP contribution in [0.25, 0.3) is 32.3 Å². The molecule has 0 amide bonds. The lowest BCUT2D eigenvalue weighted by Crippen LogP contribution is -2.15. The second-order valence-corrected chi connectivity index (χ2v) is 6.81. The van der Waals surface area contributed by atoms with E-state index in [2.05, 4.69) is 73.7 Å². The van der Waals surface area contributed by atoms with Crippen molar-refractivity contribution in [1.82, 2.24) is 0 Å². The van der Waals surface area contributed by atoms with Crippen molar-refractivity contribution in [2.24, 2.45) is 5.10 Å². The van der Waals surface area contributed by atoms with Crippen LogP contribution in [0.1, 0.15) is 12.5 Å². The number of hydrazone groups is 1. The highest BCUT2D eigenvalue weighted by Gasteiger charge is 2.10. The maximum Gasteiger partial charge on any atom is 0.0593 e. The molecule has 0 saturated carbocycles. The minimum Gasteiger partial charge on any atom is -0.266 e. The van der Waals surface area contributed by atoms with E-state index in [-0.39, 0.29) is 0 Å². The minimum atomic E-state index is 0.826. The van der Waals surface area contributed by atoms with Crippen molar-refractivity contribution in [2.75, 3.05) is 11.6 Å². The average Bonchev–Trinajstić information content (AvgIpc) is 2.74. The van der Waals surface area contributed by atoms with Crippen molar-refractivity contribution in [2.45, 2.75) is 6.92 Å². The Morgan fingerprint density at radius 3 is 2.11 bits per heavy atom. The smallest absolute Gasteiger partial charge is 0.0593 e. The van der Waals surface area contributed by atoms with E-state index >= 15 is 0 Å². The number of hydrogen-bond acceptors (Lipinski definition) is 2. The van der Waals surface area contributed by atoms with Crippen molar-refractivity contribution < 1.29 is 0 Å². The molecule has 0 atom stereocenters. The quantitative estimate of drug-likeness (QED) is 0.207. The second kappa shape index (κ2) is 6.40. The van der Waals surface area contributed by atoms with E-state index in [1.54, 1.807) is 0 Å². The molecule has 0 aliphatic heterocycles. The van der Waals surface area contributed by atoms with E-state index in [0.717, 1.165) is 17.8 Å². The summed E-state index contributed by atoms with van der Waals surface area (Å²) in [5.74, 6) is 0. The lowest BCUT2D eigenvalue weighted by atomic mass is 9.92. The molecular formula is C25H20N2. The van der Waals surface area contributed by atoms with Gasteiger partial charge in [0.05, 0.1) is 11.9 Å². The van der Waals surface area contributed by atoms with Crippen LogP contribution in [0.2, 0.25) is 0 Å². The van der Waals surface area contributed by atoms with Crippen LogP contribution in [-0.4, -0.2) is 12.8 Å². The van der Waals surface area contributed by atoms with Gasteiger partial charge in [-0.05, 0) is 51.4 Å². The Balaban J connectivity index is 1.67. The Kier molecular flexibility index (Phi) is 3.75. The van der Waals surface area contributed by atoms with Gasteiger partial charge in [0.15, 0.2) is 0 Å². The molecule has 2 nitrogen and oxygen atoms in total. The van der Waals surface area contributed by atoms with Crippen LogP contribution in [-0.2, 0) is 0 Å². The molecule has 0 unspecified atom stereocenters. The normalized spacial score (nSPS) is 11.9. The number of hydrogen-bond donors (Lipinski definition) is 0. The van der Waals surface area contributed by atoms with Crippen LogP contribution in [0.5, 0.6) is 0 Å². The van der Waals surface area contributed by atoms with E-state index in [1.807, 2.05) is 29.4 Å². The van der Waals surface area contributed by atoms with Crippen LogP contribution in [0, 0.1) is 0 Å². The van der Waals surface area contributed by atoms with Crippen molar-refractivity contribution in [3.63, 3.8) is 0 Å². The van der Waals surface area contributed by atoms with Crippen molar-refractivity contribution in [1.29, 1.82) is 0 Å². The SMILES string of the molecule is CCN(N=Cc1ccc2ccc3cccc4ccc1c2c34)c1ccccc1. The maximum absolute atomic E-state index is 4.77. The van der Waals surface area contributed by atoms with Gasteiger partial charge in [0, 0.05) is 12.1 Å². The van der Waals surface area contributed by atoms with Gasteiger partial charge < -0.3 is 0 Å². The zero-order chi connectivity index (χ0) is 18.2. The third-order valence-corrected chi connectivity index (χ3v) is 5.25. The number of nitrogens with zero attached hydrogens (tertiary/aromatic N) is 2. The molecule has 130 valence electrons. The summed E-state index contributed by atoms with van der Waals surface area (Å²) in [4.78, 5) is 0. The molecule has 0 saturated heterocycles. The van der Waals surface area contributed by atoms with E-state index in [0.29, 0.717) is 0 Å².